The maximum atomic E-state index is 14.7. The van der Waals surface area contributed by atoms with Gasteiger partial charge in [-0.05, 0) is 98.2 Å². The first-order valence-electron chi connectivity index (χ1n) is 22.0. The van der Waals surface area contributed by atoms with E-state index in [4.69, 9.17) is 43.2 Å². The lowest BCUT2D eigenvalue weighted by atomic mass is 9.55. The quantitative estimate of drug-likeness (QED) is 0.0670. The Morgan fingerprint density at radius 1 is 0.934 bits per heavy atom. The summed E-state index contributed by atoms with van der Waals surface area (Å²) < 4.78 is 44.0. The van der Waals surface area contributed by atoms with Gasteiger partial charge in [-0.3, -0.25) is 4.90 Å². The second-order valence-electron chi connectivity index (χ2n) is 16.3. The van der Waals surface area contributed by atoms with Gasteiger partial charge in [-0.2, -0.15) is 0 Å². The minimum absolute atomic E-state index is 0.0486. The normalized spacial score (nSPS) is 26.5. The Kier molecular flexibility index (Phi) is 15.5. The molecular weight excluding hydrogens is 781 g/mol. The van der Waals surface area contributed by atoms with Gasteiger partial charge in [0.1, 0.15) is 24.1 Å². The van der Waals surface area contributed by atoms with Gasteiger partial charge in [-0.15, -0.1) is 13.2 Å². The van der Waals surface area contributed by atoms with E-state index in [0.717, 1.165) is 55.2 Å². The van der Waals surface area contributed by atoms with Gasteiger partial charge in [0.05, 0.1) is 31.5 Å². The van der Waals surface area contributed by atoms with Crippen LogP contribution in [0.5, 0.6) is 23.0 Å². The summed E-state index contributed by atoms with van der Waals surface area (Å²) in [6.07, 6.45) is 14.3. The van der Waals surface area contributed by atoms with Gasteiger partial charge >= 0.3 is 6.09 Å². The maximum Gasteiger partial charge on any atom is 0.410 e. The molecule has 2 fully saturated rings. The fourth-order valence-corrected chi connectivity index (χ4v) is 9.66. The summed E-state index contributed by atoms with van der Waals surface area (Å²) in [5, 5.41) is 24.8. The zero-order valence-corrected chi connectivity index (χ0v) is 35.3. The smallest absolute Gasteiger partial charge is 0.410 e. The number of aliphatic hydroxyl groups is 2. The minimum Gasteiger partial charge on any atom is -0.490 e. The van der Waals surface area contributed by atoms with Gasteiger partial charge in [0.2, 0.25) is 18.9 Å². The molecule has 0 aromatic heterocycles. The van der Waals surface area contributed by atoms with Crippen LogP contribution in [0.1, 0.15) is 87.7 Å². The number of hydrogen-bond acceptors (Lipinski definition) is 12. The highest BCUT2D eigenvalue weighted by Gasteiger charge is 2.65. The van der Waals surface area contributed by atoms with Gasteiger partial charge in [0.15, 0.2) is 11.5 Å². The molecule has 2 N–H and O–H groups in total. The maximum absolute atomic E-state index is 14.7. The average molecular weight is 843 g/mol. The zero-order valence-electron chi connectivity index (χ0n) is 35.3. The van der Waals surface area contributed by atoms with Crippen LogP contribution in [0, 0.1) is 17.8 Å². The number of fused-ring (bicyclic) bond motifs is 3. The van der Waals surface area contributed by atoms with Crippen LogP contribution in [0.4, 0.5) is 4.79 Å². The lowest BCUT2D eigenvalue weighted by Crippen LogP contribution is -2.70. The Morgan fingerprint density at radius 3 is 2.51 bits per heavy atom. The summed E-state index contributed by atoms with van der Waals surface area (Å²) in [7, 11) is 0. The number of carbonyl (C=O) groups is 1. The molecule has 1 amide bonds. The first-order chi connectivity index (χ1) is 29.9. The number of unbranched alkanes of at least 4 members (excludes halogenated alkanes) is 2. The third-order valence-electron chi connectivity index (χ3n) is 12.4. The first kappa shape index (κ1) is 44.2. The highest BCUT2D eigenvalue weighted by molar-refractivity contribution is 6.03. The number of rotatable bonds is 22. The number of nitrogens with zero attached hydrogens (tertiary/aromatic N) is 2. The number of aliphatic hydroxyl groups excluding tert-OH is 2. The predicted molar refractivity (Wildman–Crippen MR) is 230 cm³/mol. The largest absolute Gasteiger partial charge is 0.490 e. The highest BCUT2D eigenvalue weighted by atomic mass is 16.8. The summed E-state index contributed by atoms with van der Waals surface area (Å²) in [4.78, 5) is 22.7. The number of ether oxygens (including phenoxy) is 7. The summed E-state index contributed by atoms with van der Waals surface area (Å²) in [6.45, 7) is 13.3. The molecule has 7 unspecified atom stereocenters. The van der Waals surface area contributed by atoms with Crippen molar-refractivity contribution in [1.29, 1.82) is 0 Å². The second kappa shape index (κ2) is 21.3. The van der Waals surface area contributed by atoms with E-state index in [0.29, 0.717) is 67.6 Å². The topological polar surface area (TPSA) is 147 Å². The van der Waals surface area contributed by atoms with Crippen molar-refractivity contribution in [3.63, 3.8) is 0 Å². The number of allylic oxidation sites excluding steroid dienone is 1. The van der Waals surface area contributed by atoms with Crippen molar-refractivity contribution < 1.29 is 53.0 Å². The highest BCUT2D eigenvalue weighted by Crippen LogP contribution is 2.62. The summed E-state index contributed by atoms with van der Waals surface area (Å²) in [5.74, 6) is 0.454. The van der Waals surface area contributed by atoms with Gasteiger partial charge in [-0.25, -0.2) is 4.79 Å². The van der Waals surface area contributed by atoms with Crippen LogP contribution in [0.25, 0.3) is 0 Å². The predicted octanol–water partition coefficient (Wildman–Crippen LogP) is 8.36. The number of hydrogen-bond donors (Lipinski definition) is 2. The van der Waals surface area contributed by atoms with Crippen LogP contribution >= 0.6 is 0 Å². The molecule has 1 saturated carbocycles. The molecule has 2 aliphatic carbocycles. The minimum atomic E-state index is -1.47. The van der Waals surface area contributed by atoms with Crippen molar-refractivity contribution in [3.05, 3.63) is 97.1 Å². The molecule has 3 aliphatic heterocycles. The fraction of sp³-hybridized carbons (Fsp3) is 0.542. The van der Waals surface area contributed by atoms with Gasteiger partial charge in [0.25, 0.3) is 0 Å². The number of amides is 1. The van der Waals surface area contributed by atoms with Gasteiger partial charge < -0.3 is 48.2 Å². The van der Waals surface area contributed by atoms with E-state index < -0.39 is 30.1 Å². The molecular formula is C48H62N2O11. The molecule has 0 bridgehead atoms. The SMILES string of the molecule is C=CCCOC(=O)N(Cc1ccc2c(c1)OCO2)C1CC(=NOC2CCCCO2)C2=CC(CCCCO)C(CCCCO)C3c4cc(OCC=C)ccc4OC1(OCC=C)C23. The molecule has 0 radical (unpaired) electrons. The van der Waals surface area contributed by atoms with Gasteiger partial charge in [0, 0.05) is 44.1 Å². The van der Waals surface area contributed by atoms with E-state index in [1.54, 1.807) is 23.1 Å². The van der Waals surface area contributed by atoms with E-state index in [9.17, 15) is 15.0 Å². The molecule has 13 heteroatoms. The van der Waals surface area contributed by atoms with E-state index in [1.165, 1.54) is 0 Å². The van der Waals surface area contributed by atoms with E-state index in [2.05, 4.69) is 31.9 Å². The lowest BCUT2D eigenvalue weighted by molar-refractivity contribution is -0.256. The van der Waals surface area contributed by atoms with Crippen LogP contribution in [-0.2, 0) is 25.6 Å². The molecule has 7 rings (SSSR count). The molecule has 2 aromatic rings. The molecule has 7 atom stereocenters. The van der Waals surface area contributed by atoms with E-state index >= 15 is 0 Å². The van der Waals surface area contributed by atoms with Crippen LogP contribution in [0.2, 0.25) is 0 Å². The van der Waals surface area contributed by atoms with Crippen LogP contribution in [0.15, 0.2) is 91.2 Å². The van der Waals surface area contributed by atoms with E-state index in [-0.39, 0.29) is 63.9 Å². The third kappa shape index (κ3) is 9.96. The van der Waals surface area contributed by atoms with Gasteiger partial charge in [-0.1, -0.05) is 54.9 Å². The Hall–Kier alpha value is -4.82. The Balaban J connectivity index is 1.44. The van der Waals surface area contributed by atoms with Crippen molar-refractivity contribution in [2.75, 3.05) is 46.4 Å². The summed E-state index contributed by atoms with van der Waals surface area (Å²) in [5.41, 5.74) is 3.36. The van der Waals surface area contributed by atoms with Crippen molar-refractivity contribution >= 4 is 11.8 Å². The van der Waals surface area contributed by atoms with Crippen molar-refractivity contribution in [2.24, 2.45) is 22.9 Å². The third-order valence-corrected chi connectivity index (χ3v) is 12.4. The molecule has 61 heavy (non-hydrogen) atoms. The van der Waals surface area contributed by atoms with Crippen molar-refractivity contribution in [3.8, 4) is 23.0 Å². The van der Waals surface area contributed by atoms with Crippen molar-refractivity contribution in [1.82, 2.24) is 4.90 Å². The van der Waals surface area contributed by atoms with Crippen LogP contribution in [-0.4, -0.2) is 91.5 Å². The molecule has 330 valence electrons. The van der Waals surface area contributed by atoms with Crippen LogP contribution in [0.3, 0.4) is 0 Å². The Labute approximate surface area is 359 Å². The second-order valence-corrected chi connectivity index (χ2v) is 16.3. The van der Waals surface area contributed by atoms with E-state index in [1.807, 2.05) is 30.3 Å². The number of benzene rings is 2. The summed E-state index contributed by atoms with van der Waals surface area (Å²) >= 11 is 0. The lowest BCUT2D eigenvalue weighted by Gasteiger charge is -2.60. The standard InChI is InChI=1S/C48H62N2O11/c1-4-7-25-56-47(53)50(31-33-17-19-41-42(27-33)58-32-57-41)43-30-39(49-61-44-16-10-13-26-55-44)37-28-34(14-8-11-21-51)36(15-9-12-22-52)45-38-29-35(54-23-5-2)18-20-40(38)60-48(43,46(37)45)59-24-6-3/h4-6,17-20,27-29,34,36,43-46,51-52H,1-3,7-16,21-26,30-32H2. The molecule has 5 aliphatic rings. The monoisotopic (exact) mass is 842 g/mol. The first-order valence-corrected chi connectivity index (χ1v) is 22.0. The molecule has 0 spiro atoms. The average Bonchev–Trinajstić information content (AvgIpc) is 3.76. The molecule has 1 saturated heterocycles. The Bertz CT molecular complexity index is 1890. The Morgan fingerprint density at radius 2 is 1.74 bits per heavy atom. The van der Waals surface area contributed by atoms with Crippen LogP contribution < -0.4 is 18.9 Å². The summed E-state index contributed by atoms with van der Waals surface area (Å²) in [6, 6.07) is 10.7. The molecule has 13 nitrogen and oxygen atoms in total. The molecule has 2 aromatic carbocycles. The zero-order chi connectivity index (χ0) is 42.6. The number of oxime groups is 1. The van der Waals surface area contributed by atoms with Crippen molar-refractivity contribution in [2.45, 2.75) is 101 Å². The fourth-order valence-electron chi connectivity index (χ4n) is 9.66. The molecule has 3 heterocycles. The number of carbonyl (C=O) groups excluding carboxylic acids is 1.